The minimum Gasteiger partial charge on any atom is -0.494 e. The maximum absolute atomic E-state index is 5.82. The fourth-order valence-corrected chi connectivity index (χ4v) is 2.47. The molecule has 0 spiro atoms. The Morgan fingerprint density at radius 3 is 2.40 bits per heavy atom. The van der Waals surface area contributed by atoms with Gasteiger partial charge in [0.05, 0.1) is 6.61 Å². The molecule has 0 fully saturated rings. The third-order valence-corrected chi connectivity index (χ3v) is 3.82. The van der Waals surface area contributed by atoms with Crippen molar-refractivity contribution in [3.8, 4) is 5.75 Å². The van der Waals surface area contributed by atoms with Crippen molar-refractivity contribution in [3.63, 3.8) is 0 Å². The molecule has 0 saturated heterocycles. The predicted octanol–water partition coefficient (Wildman–Crippen LogP) is 4.88. The smallest absolute Gasteiger partial charge is 0.119 e. The van der Waals surface area contributed by atoms with Gasteiger partial charge >= 0.3 is 0 Å². The molecule has 2 nitrogen and oxygen atoms in total. The molecule has 3 heteroatoms. The SMILES string of the molecule is CCCC(CCOc1ccc(Br)cc1)CNCC(C)C. The second-order valence-corrected chi connectivity index (χ2v) is 6.71. The molecule has 20 heavy (non-hydrogen) atoms. The third-order valence-electron chi connectivity index (χ3n) is 3.29. The van der Waals surface area contributed by atoms with E-state index in [0.29, 0.717) is 5.92 Å². The van der Waals surface area contributed by atoms with E-state index >= 15 is 0 Å². The summed E-state index contributed by atoms with van der Waals surface area (Å²) in [6.45, 7) is 9.77. The lowest BCUT2D eigenvalue weighted by Gasteiger charge is -2.18. The van der Waals surface area contributed by atoms with Crippen molar-refractivity contribution in [1.82, 2.24) is 5.32 Å². The van der Waals surface area contributed by atoms with Gasteiger partial charge in [0.1, 0.15) is 5.75 Å². The monoisotopic (exact) mass is 341 g/mol. The Kier molecular flexibility index (Phi) is 8.95. The maximum atomic E-state index is 5.82. The van der Waals surface area contributed by atoms with E-state index in [1.54, 1.807) is 0 Å². The van der Waals surface area contributed by atoms with Gasteiger partial charge in [-0.3, -0.25) is 0 Å². The highest BCUT2D eigenvalue weighted by molar-refractivity contribution is 9.10. The van der Waals surface area contributed by atoms with Crippen LogP contribution in [0.1, 0.15) is 40.0 Å². The van der Waals surface area contributed by atoms with Crippen molar-refractivity contribution in [2.75, 3.05) is 19.7 Å². The van der Waals surface area contributed by atoms with Gasteiger partial charge < -0.3 is 10.1 Å². The number of benzene rings is 1. The van der Waals surface area contributed by atoms with Gasteiger partial charge in [-0.2, -0.15) is 0 Å². The van der Waals surface area contributed by atoms with E-state index in [1.807, 2.05) is 24.3 Å². The molecular formula is C17H28BrNO. The first-order chi connectivity index (χ1) is 9.61. The zero-order valence-corrected chi connectivity index (χ0v) is 14.6. The van der Waals surface area contributed by atoms with Crippen molar-refractivity contribution in [3.05, 3.63) is 28.7 Å². The Hall–Kier alpha value is -0.540. The molecule has 0 aromatic heterocycles. The highest BCUT2D eigenvalue weighted by Gasteiger charge is 2.08. The quantitative estimate of drug-likeness (QED) is 0.654. The average Bonchev–Trinajstić information content (AvgIpc) is 2.40. The van der Waals surface area contributed by atoms with Gasteiger partial charge in [-0.25, -0.2) is 0 Å². The number of hydrogen-bond acceptors (Lipinski definition) is 2. The molecule has 0 bridgehead atoms. The summed E-state index contributed by atoms with van der Waals surface area (Å²) in [7, 11) is 0. The van der Waals surface area contributed by atoms with Crippen LogP contribution in [-0.4, -0.2) is 19.7 Å². The lowest BCUT2D eigenvalue weighted by molar-refractivity contribution is 0.266. The summed E-state index contributed by atoms with van der Waals surface area (Å²) >= 11 is 3.43. The van der Waals surface area contributed by atoms with Crippen LogP contribution in [0.4, 0.5) is 0 Å². The summed E-state index contributed by atoms with van der Waals surface area (Å²) in [4.78, 5) is 0. The molecule has 0 aliphatic carbocycles. The van der Waals surface area contributed by atoms with Gasteiger partial charge in [0.15, 0.2) is 0 Å². The van der Waals surface area contributed by atoms with Crippen LogP contribution in [0.2, 0.25) is 0 Å². The van der Waals surface area contributed by atoms with Crippen LogP contribution in [-0.2, 0) is 0 Å². The first kappa shape index (κ1) is 17.5. The van der Waals surface area contributed by atoms with E-state index in [-0.39, 0.29) is 0 Å². The number of hydrogen-bond donors (Lipinski definition) is 1. The third kappa shape index (κ3) is 7.91. The Balaban J connectivity index is 2.25. The highest BCUT2D eigenvalue weighted by Crippen LogP contribution is 2.17. The molecule has 114 valence electrons. The molecule has 0 heterocycles. The van der Waals surface area contributed by atoms with Crippen LogP contribution in [0, 0.1) is 11.8 Å². The zero-order chi connectivity index (χ0) is 14.8. The summed E-state index contributed by atoms with van der Waals surface area (Å²) in [5, 5.41) is 3.56. The summed E-state index contributed by atoms with van der Waals surface area (Å²) in [5.74, 6) is 2.39. The van der Waals surface area contributed by atoms with Crippen LogP contribution in [0.25, 0.3) is 0 Å². The molecule has 0 amide bonds. The molecule has 1 N–H and O–H groups in total. The molecule has 0 aliphatic rings. The van der Waals surface area contributed by atoms with E-state index in [2.05, 4.69) is 42.0 Å². The number of nitrogens with one attached hydrogen (secondary N) is 1. The van der Waals surface area contributed by atoms with Gasteiger partial charge in [0.2, 0.25) is 0 Å². The van der Waals surface area contributed by atoms with Crippen molar-refractivity contribution < 1.29 is 4.74 Å². The lowest BCUT2D eigenvalue weighted by atomic mass is 10.00. The Bertz CT molecular complexity index is 351. The Morgan fingerprint density at radius 2 is 1.80 bits per heavy atom. The molecule has 0 aliphatic heterocycles. The van der Waals surface area contributed by atoms with Crippen molar-refractivity contribution in [1.29, 1.82) is 0 Å². The highest BCUT2D eigenvalue weighted by atomic mass is 79.9. The van der Waals surface area contributed by atoms with Gasteiger partial charge in [0.25, 0.3) is 0 Å². The van der Waals surface area contributed by atoms with Crippen molar-refractivity contribution >= 4 is 15.9 Å². The number of rotatable bonds is 10. The molecule has 0 saturated carbocycles. The van der Waals surface area contributed by atoms with E-state index < -0.39 is 0 Å². The largest absolute Gasteiger partial charge is 0.494 e. The molecular weight excluding hydrogens is 314 g/mol. The van der Waals surface area contributed by atoms with Gasteiger partial charge in [-0.15, -0.1) is 0 Å². The van der Waals surface area contributed by atoms with Gasteiger partial charge in [-0.05, 0) is 62.0 Å². The first-order valence-electron chi connectivity index (χ1n) is 7.71. The summed E-state index contributed by atoms with van der Waals surface area (Å²) in [6.07, 6.45) is 3.64. The van der Waals surface area contributed by atoms with E-state index in [0.717, 1.165) is 42.3 Å². The summed E-state index contributed by atoms with van der Waals surface area (Å²) in [5.41, 5.74) is 0. The molecule has 1 unspecified atom stereocenters. The average molecular weight is 342 g/mol. The van der Waals surface area contributed by atoms with E-state index in [1.165, 1.54) is 12.8 Å². The maximum Gasteiger partial charge on any atom is 0.119 e. The first-order valence-corrected chi connectivity index (χ1v) is 8.50. The van der Waals surface area contributed by atoms with Crippen LogP contribution < -0.4 is 10.1 Å². The standard InChI is InChI=1S/C17H28BrNO/c1-4-5-15(13-19-12-14(2)3)10-11-20-17-8-6-16(18)7-9-17/h6-9,14-15,19H,4-5,10-13H2,1-3H3. The van der Waals surface area contributed by atoms with Crippen LogP contribution in [0.15, 0.2) is 28.7 Å². The fraction of sp³-hybridized carbons (Fsp3) is 0.647. The molecule has 1 aromatic rings. The molecule has 0 radical (unpaired) electrons. The lowest BCUT2D eigenvalue weighted by Crippen LogP contribution is -2.27. The van der Waals surface area contributed by atoms with Crippen LogP contribution in [0.3, 0.4) is 0 Å². The Morgan fingerprint density at radius 1 is 1.10 bits per heavy atom. The number of halogens is 1. The number of ether oxygens (including phenoxy) is 1. The summed E-state index contributed by atoms with van der Waals surface area (Å²) < 4.78 is 6.91. The Labute approximate surface area is 132 Å². The predicted molar refractivity (Wildman–Crippen MR) is 90.4 cm³/mol. The second-order valence-electron chi connectivity index (χ2n) is 5.80. The van der Waals surface area contributed by atoms with Gasteiger partial charge in [0, 0.05) is 4.47 Å². The van der Waals surface area contributed by atoms with Gasteiger partial charge in [-0.1, -0.05) is 43.1 Å². The molecule has 1 rings (SSSR count). The second kappa shape index (κ2) is 10.2. The van der Waals surface area contributed by atoms with Crippen LogP contribution >= 0.6 is 15.9 Å². The normalized spacial score (nSPS) is 12.7. The van der Waals surface area contributed by atoms with E-state index in [4.69, 9.17) is 4.74 Å². The zero-order valence-electron chi connectivity index (χ0n) is 13.0. The van der Waals surface area contributed by atoms with E-state index in [9.17, 15) is 0 Å². The van der Waals surface area contributed by atoms with Crippen molar-refractivity contribution in [2.45, 2.75) is 40.0 Å². The topological polar surface area (TPSA) is 21.3 Å². The fourth-order valence-electron chi connectivity index (χ4n) is 2.21. The molecule has 1 atom stereocenters. The summed E-state index contributed by atoms with van der Waals surface area (Å²) in [6, 6.07) is 8.05. The molecule has 1 aromatic carbocycles. The van der Waals surface area contributed by atoms with Crippen LogP contribution in [0.5, 0.6) is 5.75 Å². The minimum atomic E-state index is 0.717. The van der Waals surface area contributed by atoms with Crippen molar-refractivity contribution in [2.24, 2.45) is 11.8 Å². The minimum absolute atomic E-state index is 0.717.